The van der Waals surface area contributed by atoms with Crippen molar-refractivity contribution in [2.45, 2.75) is 124 Å². The Hall–Kier alpha value is -6.58. The van der Waals surface area contributed by atoms with Gasteiger partial charge in [0.1, 0.15) is 47.5 Å². The summed E-state index contributed by atoms with van der Waals surface area (Å²) in [6, 6.07) is 20.8. The Labute approximate surface area is 439 Å². The first kappa shape index (κ1) is 52.3. The average molecular weight is 1040 g/mol. The highest BCUT2D eigenvalue weighted by molar-refractivity contribution is 7.13. The summed E-state index contributed by atoms with van der Waals surface area (Å²) >= 11 is 7.85. The quantitative estimate of drug-likeness (QED) is 0.0920. The van der Waals surface area contributed by atoms with Gasteiger partial charge in [-0.2, -0.15) is 5.26 Å². The van der Waals surface area contributed by atoms with Crippen LogP contribution < -0.4 is 19.7 Å². The Kier molecular flexibility index (Phi) is 14.3. The third-order valence-corrected chi connectivity index (χ3v) is 15.9. The third kappa shape index (κ3) is 10.4. The molecule has 2 aliphatic heterocycles. The summed E-state index contributed by atoms with van der Waals surface area (Å²) in [4.78, 5) is 59.7. The molecule has 3 aromatic heterocycles. The van der Waals surface area contributed by atoms with E-state index in [1.165, 1.54) is 12.4 Å². The molecule has 388 valence electrons. The number of carbonyl (C=O) groups excluding carboxylic acids is 3. The van der Waals surface area contributed by atoms with Crippen molar-refractivity contribution in [2.75, 3.05) is 24.5 Å². The smallest absolute Gasteiger partial charge is 0.341 e. The lowest BCUT2D eigenvalue weighted by Gasteiger charge is -2.61. The number of nitriles is 1. The van der Waals surface area contributed by atoms with Crippen LogP contribution in [0.4, 0.5) is 5.95 Å². The van der Waals surface area contributed by atoms with E-state index in [4.69, 9.17) is 35.0 Å². The molecule has 6 aromatic rings. The van der Waals surface area contributed by atoms with Crippen LogP contribution >= 0.6 is 22.9 Å². The lowest BCUT2D eigenvalue weighted by atomic mass is 9.51. The number of carbonyl (C=O) groups is 3. The summed E-state index contributed by atoms with van der Waals surface area (Å²) in [7, 11) is 0. The van der Waals surface area contributed by atoms with Crippen LogP contribution in [0.1, 0.15) is 113 Å². The minimum Gasteiger partial charge on any atom is -0.489 e. The van der Waals surface area contributed by atoms with Crippen molar-refractivity contribution in [2.24, 2.45) is 16.2 Å². The van der Waals surface area contributed by atoms with Crippen molar-refractivity contribution >= 4 is 57.6 Å². The maximum atomic E-state index is 14.5. The molecule has 2 N–H and O–H groups in total. The molecule has 74 heavy (non-hydrogen) atoms. The molecule has 9 rings (SSSR count). The molecular formula is C56H62ClN7O9S. The van der Waals surface area contributed by atoms with Gasteiger partial charge in [0.2, 0.25) is 11.9 Å². The number of likely N-dealkylation sites (tertiary alicyclic amines) is 1. The van der Waals surface area contributed by atoms with E-state index >= 15 is 0 Å². The van der Waals surface area contributed by atoms with E-state index in [2.05, 4.69) is 32.4 Å². The van der Waals surface area contributed by atoms with Gasteiger partial charge in [0.05, 0.1) is 69.7 Å². The Bertz CT molecular complexity index is 3090. The molecule has 1 unspecified atom stereocenters. The molecule has 3 aliphatic rings. The number of aliphatic hydroxyl groups is 1. The van der Waals surface area contributed by atoms with Crippen LogP contribution in [0.2, 0.25) is 5.02 Å². The molecule has 5 atom stereocenters. The summed E-state index contributed by atoms with van der Waals surface area (Å²) in [6.07, 6.45) is 0.859. The number of amides is 2. The number of nitrogens with one attached hydrogen (secondary N) is 1. The summed E-state index contributed by atoms with van der Waals surface area (Å²) < 4.78 is 31.2. The minimum atomic E-state index is -0.942. The Balaban J connectivity index is 0.770. The Morgan fingerprint density at radius 1 is 0.919 bits per heavy atom. The highest BCUT2D eigenvalue weighted by atomic mass is 35.5. The zero-order valence-corrected chi connectivity index (χ0v) is 44.8. The monoisotopic (exact) mass is 1040 g/mol. The summed E-state index contributed by atoms with van der Waals surface area (Å²) in [5.74, 6) is 0.176. The van der Waals surface area contributed by atoms with E-state index in [1.54, 1.807) is 46.6 Å². The number of β-amino-alcohol motifs (C(OH)–C–C–N with tert-alkyl or cyclic N) is 1. The topological polar surface area (TPSA) is 202 Å². The number of nitrogens with zero attached hydrogens (tertiary/aromatic N) is 6. The number of esters is 1. The van der Waals surface area contributed by atoms with Gasteiger partial charge in [-0.15, -0.1) is 11.3 Å². The first-order chi connectivity index (χ1) is 35.0. The number of rotatable bonds is 15. The van der Waals surface area contributed by atoms with Crippen LogP contribution in [0.25, 0.3) is 21.4 Å². The second kappa shape index (κ2) is 20.3. The van der Waals surface area contributed by atoms with E-state index in [0.717, 1.165) is 21.7 Å². The summed E-state index contributed by atoms with van der Waals surface area (Å²) in [5.41, 5.74) is 4.16. The second-order valence-corrected chi connectivity index (χ2v) is 23.3. The number of halogens is 1. The molecule has 3 aromatic carbocycles. The van der Waals surface area contributed by atoms with E-state index in [-0.39, 0.29) is 42.1 Å². The Morgan fingerprint density at radius 2 is 1.59 bits per heavy atom. The predicted molar refractivity (Wildman–Crippen MR) is 280 cm³/mol. The van der Waals surface area contributed by atoms with Crippen LogP contribution in [0.15, 0.2) is 89.1 Å². The van der Waals surface area contributed by atoms with E-state index in [1.807, 2.05) is 110 Å². The number of fused-ring (bicyclic) bond motifs is 1. The fraction of sp³-hybridized carbons (Fsp3) is 0.446. The molecular weight excluding hydrogens is 982 g/mol. The van der Waals surface area contributed by atoms with Gasteiger partial charge in [-0.25, -0.2) is 19.7 Å². The van der Waals surface area contributed by atoms with Crippen LogP contribution in [0.3, 0.4) is 0 Å². The molecule has 2 saturated heterocycles. The van der Waals surface area contributed by atoms with Crippen molar-refractivity contribution in [3.05, 3.63) is 118 Å². The first-order valence-corrected chi connectivity index (χ1v) is 26.1. The largest absolute Gasteiger partial charge is 0.489 e. The van der Waals surface area contributed by atoms with E-state index < -0.39 is 58.5 Å². The minimum absolute atomic E-state index is 0.0438. The van der Waals surface area contributed by atoms with Gasteiger partial charge in [-0.3, -0.25) is 9.59 Å². The number of aryl methyl sites for hydroxylation is 1. The van der Waals surface area contributed by atoms with Gasteiger partial charge in [0.25, 0.3) is 5.91 Å². The van der Waals surface area contributed by atoms with Crippen LogP contribution in [0.5, 0.6) is 11.5 Å². The zero-order chi connectivity index (χ0) is 53.0. The standard InChI is InChI=1S/C56H62ClN7O9S/c1-30-46(74-29-61-30)34-13-11-33(12-14-34)31(2)69-32(3)43-20-38(65)26-64(43)49(67)47(54(4,5)6)62-48(66)45-19-35-15-17-40(22-44(35)72-45)70-41-27-63(28-41)53-59-24-37(25-60-53)50(68)73-52-55(7,8)51(56(52,9)10)71-39-18-16-36(23-58)42(57)21-39/h11-19,21-22,24-25,29,31-32,38,41,43,47,51-52,65H,20,26-28H2,1-10H3,(H,62,66)/t31-,32?,38+,43-,47+,51-,52-/m0/s1. The van der Waals surface area contributed by atoms with E-state index in [0.29, 0.717) is 58.5 Å². The lowest BCUT2D eigenvalue weighted by Crippen LogP contribution is -2.70. The number of hydrogen-bond acceptors (Lipinski definition) is 15. The van der Waals surface area contributed by atoms with Crippen molar-refractivity contribution in [1.82, 2.24) is 25.2 Å². The van der Waals surface area contributed by atoms with Crippen molar-refractivity contribution in [3.8, 4) is 28.0 Å². The average Bonchev–Trinajstić information content (AvgIpc) is 4.10. The van der Waals surface area contributed by atoms with Gasteiger partial charge in [0, 0.05) is 47.3 Å². The molecule has 0 spiro atoms. The van der Waals surface area contributed by atoms with Gasteiger partial charge in [0.15, 0.2) is 5.76 Å². The number of benzene rings is 3. The van der Waals surface area contributed by atoms with Crippen molar-refractivity contribution in [3.63, 3.8) is 0 Å². The van der Waals surface area contributed by atoms with Gasteiger partial charge in [-0.05, 0) is 74.1 Å². The highest BCUT2D eigenvalue weighted by Crippen LogP contribution is 2.57. The van der Waals surface area contributed by atoms with Crippen molar-refractivity contribution < 1.29 is 42.9 Å². The molecule has 0 radical (unpaired) electrons. The number of hydrogen-bond donors (Lipinski definition) is 2. The number of ether oxygens (including phenoxy) is 4. The molecule has 5 heterocycles. The number of aromatic nitrogens is 3. The first-order valence-electron chi connectivity index (χ1n) is 24.8. The predicted octanol–water partition coefficient (Wildman–Crippen LogP) is 9.76. The fourth-order valence-corrected chi connectivity index (χ4v) is 11.9. The molecule has 3 fully saturated rings. The van der Waals surface area contributed by atoms with Crippen molar-refractivity contribution in [1.29, 1.82) is 5.26 Å². The maximum absolute atomic E-state index is 14.5. The molecule has 16 nitrogen and oxygen atoms in total. The number of anilines is 1. The van der Waals surface area contributed by atoms with Crippen LogP contribution in [-0.4, -0.2) is 105 Å². The van der Waals surface area contributed by atoms with Gasteiger partial charge in [-0.1, -0.05) is 84.3 Å². The lowest BCUT2D eigenvalue weighted by molar-refractivity contribution is -0.236. The second-order valence-electron chi connectivity index (χ2n) is 22.0. The number of aliphatic hydroxyl groups excluding tert-OH is 1. The summed E-state index contributed by atoms with van der Waals surface area (Å²) in [6.45, 7) is 20.6. The van der Waals surface area contributed by atoms with Gasteiger partial charge < -0.3 is 43.6 Å². The third-order valence-electron chi connectivity index (χ3n) is 14.6. The van der Waals surface area contributed by atoms with Gasteiger partial charge >= 0.3 is 5.97 Å². The van der Waals surface area contributed by atoms with Crippen LogP contribution in [0, 0.1) is 34.5 Å². The maximum Gasteiger partial charge on any atom is 0.341 e. The highest BCUT2D eigenvalue weighted by Gasteiger charge is 2.66. The normalized spacial score (nSPS) is 21.4. The SMILES string of the molecule is Cc1ncsc1-c1ccc([C@H](C)OC(C)[C@@H]2C[C@@H](O)CN2C(=O)[C@@H](NC(=O)c2cc3ccc(OC4CN(c5ncc(C(=O)O[C@H]6C(C)(C)[C@H](Oc7ccc(C#N)c(Cl)c7)C6(C)C)cn5)C4)cc3o2)C(C)(C)C)cc1. The molecule has 0 bridgehead atoms. The molecule has 2 amide bonds. The number of thiazole rings is 1. The van der Waals surface area contributed by atoms with E-state index in [9.17, 15) is 24.8 Å². The Morgan fingerprint density at radius 3 is 2.23 bits per heavy atom. The molecule has 1 saturated carbocycles. The summed E-state index contributed by atoms with van der Waals surface area (Å²) in [5, 5.41) is 24.1. The van der Waals surface area contributed by atoms with Crippen LogP contribution in [-0.2, 0) is 14.3 Å². The zero-order valence-electron chi connectivity index (χ0n) is 43.2. The number of furan rings is 1. The molecule has 1 aliphatic carbocycles. The molecule has 18 heteroatoms. The fourth-order valence-electron chi connectivity index (χ4n) is 10.9.